The van der Waals surface area contributed by atoms with E-state index in [0.29, 0.717) is 11.5 Å². The van der Waals surface area contributed by atoms with E-state index in [1.54, 1.807) is 12.1 Å². The normalized spacial score (nSPS) is 12.4. The topological polar surface area (TPSA) is 63.3 Å². The Labute approximate surface area is 91.5 Å². The minimum atomic E-state index is -0.999. The summed E-state index contributed by atoms with van der Waals surface area (Å²) in [7, 11) is 0. The van der Waals surface area contributed by atoms with Crippen molar-refractivity contribution in [1.82, 2.24) is 0 Å². The molecule has 1 aromatic carbocycles. The third kappa shape index (κ3) is 4.31. The Morgan fingerprint density at radius 2 is 2.07 bits per heavy atom. The van der Waals surface area contributed by atoms with Gasteiger partial charge in [0.2, 0.25) is 0 Å². The zero-order valence-corrected chi connectivity index (χ0v) is 8.84. The van der Waals surface area contributed by atoms with Gasteiger partial charge in [-0.15, -0.1) is 0 Å². The first kappa shape index (κ1) is 12.0. The highest BCUT2D eigenvalue weighted by molar-refractivity contribution is 7.98. The van der Waals surface area contributed by atoms with E-state index in [-0.39, 0.29) is 5.82 Å². The number of carboxylic acid groups (broad SMARTS) is 1. The van der Waals surface area contributed by atoms with Crippen molar-refractivity contribution in [2.45, 2.75) is 11.8 Å². The third-order valence-corrected chi connectivity index (χ3v) is 2.93. The molecule has 0 aliphatic rings. The van der Waals surface area contributed by atoms with E-state index in [4.69, 9.17) is 10.8 Å². The van der Waals surface area contributed by atoms with Crippen molar-refractivity contribution in [3.05, 3.63) is 35.6 Å². The molecule has 0 aromatic heterocycles. The molecule has 0 saturated carbocycles. The van der Waals surface area contributed by atoms with Crippen molar-refractivity contribution in [1.29, 1.82) is 0 Å². The van der Waals surface area contributed by atoms with E-state index in [0.717, 1.165) is 5.56 Å². The summed E-state index contributed by atoms with van der Waals surface area (Å²) < 4.78 is 12.5. The summed E-state index contributed by atoms with van der Waals surface area (Å²) in [6, 6.07) is 5.28. The average Bonchev–Trinajstić information content (AvgIpc) is 2.20. The quantitative estimate of drug-likeness (QED) is 0.802. The second-order valence-electron chi connectivity index (χ2n) is 3.09. The Morgan fingerprint density at radius 1 is 1.47 bits per heavy atom. The third-order valence-electron chi connectivity index (χ3n) is 1.80. The van der Waals surface area contributed by atoms with Crippen LogP contribution in [0.15, 0.2) is 24.3 Å². The molecule has 0 amide bonds. The predicted molar refractivity (Wildman–Crippen MR) is 58.2 cm³/mol. The molecule has 0 saturated heterocycles. The van der Waals surface area contributed by atoms with Crippen molar-refractivity contribution in [3.8, 4) is 0 Å². The molecule has 3 nitrogen and oxygen atoms in total. The lowest BCUT2D eigenvalue weighted by molar-refractivity contribution is -0.137. The van der Waals surface area contributed by atoms with Crippen LogP contribution in [-0.2, 0) is 10.5 Å². The fraction of sp³-hybridized carbons (Fsp3) is 0.300. The number of carboxylic acids is 1. The first-order chi connectivity index (χ1) is 7.09. The Hall–Kier alpha value is -1.07. The SMILES string of the molecule is N[C@H](CSCc1ccc(F)cc1)C(=O)O. The lowest BCUT2D eigenvalue weighted by Gasteiger charge is -2.05. The molecule has 0 spiro atoms. The smallest absolute Gasteiger partial charge is 0.321 e. The van der Waals surface area contributed by atoms with Crippen LogP contribution in [-0.4, -0.2) is 22.9 Å². The number of rotatable bonds is 5. The summed E-state index contributed by atoms with van der Waals surface area (Å²) in [5.41, 5.74) is 6.28. The van der Waals surface area contributed by atoms with Crippen LogP contribution in [0.5, 0.6) is 0 Å². The molecule has 0 aliphatic heterocycles. The molecule has 1 aromatic rings. The number of aliphatic carboxylic acids is 1. The van der Waals surface area contributed by atoms with Crippen molar-refractivity contribution < 1.29 is 14.3 Å². The van der Waals surface area contributed by atoms with Gasteiger partial charge in [0.15, 0.2) is 0 Å². The van der Waals surface area contributed by atoms with Gasteiger partial charge in [0.1, 0.15) is 11.9 Å². The Balaban J connectivity index is 2.32. The Kier molecular flexibility index (Phi) is 4.58. The van der Waals surface area contributed by atoms with Crippen molar-refractivity contribution in [2.24, 2.45) is 5.73 Å². The molecular formula is C10H12FNO2S. The molecule has 0 bridgehead atoms. The van der Waals surface area contributed by atoms with Gasteiger partial charge >= 0.3 is 5.97 Å². The highest BCUT2D eigenvalue weighted by atomic mass is 32.2. The van der Waals surface area contributed by atoms with E-state index < -0.39 is 12.0 Å². The van der Waals surface area contributed by atoms with Gasteiger partial charge in [0.05, 0.1) is 0 Å². The minimum Gasteiger partial charge on any atom is -0.480 e. The monoisotopic (exact) mass is 229 g/mol. The largest absolute Gasteiger partial charge is 0.480 e. The van der Waals surface area contributed by atoms with Gasteiger partial charge in [-0.05, 0) is 17.7 Å². The Bertz CT molecular complexity index is 329. The molecule has 15 heavy (non-hydrogen) atoms. The van der Waals surface area contributed by atoms with Crippen LogP contribution >= 0.6 is 11.8 Å². The van der Waals surface area contributed by atoms with Crippen molar-refractivity contribution in [2.75, 3.05) is 5.75 Å². The molecule has 5 heteroatoms. The van der Waals surface area contributed by atoms with Crippen LogP contribution in [0.1, 0.15) is 5.56 Å². The predicted octanol–water partition coefficient (Wildman–Crippen LogP) is 1.47. The molecule has 3 N–H and O–H groups in total. The minimum absolute atomic E-state index is 0.272. The van der Waals surface area contributed by atoms with Crippen LogP contribution in [0, 0.1) is 5.82 Å². The highest BCUT2D eigenvalue weighted by Crippen LogP contribution is 2.13. The zero-order chi connectivity index (χ0) is 11.3. The summed E-state index contributed by atoms with van der Waals surface area (Å²) in [4.78, 5) is 10.4. The maximum atomic E-state index is 12.5. The maximum absolute atomic E-state index is 12.5. The molecule has 1 rings (SSSR count). The second-order valence-corrected chi connectivity index (χ2v) is 4.12. The lowest BCUT2D eigenvalue weighted by atomic mass is 10.2. The average molecular weight is 229 g/mol. The van der Waals surface area contributed by atoms with E-state index in [2.05, 4.69) is 0 Å². The number of benzene rings is 1. The Morgan fingerprint density at radius 3 is 2.60 bits per heavy atom. The van der Waals surface area contributed by atoms with Gasteiger partial charge in [-0.2, -0.15) is 11.8 Å². The van der Waals surface area contributed by atoms with E-state index in [9.17, 15) is 9.18 Å². The number of halogens is 1. The van der Waals surface area contributed by atoms with Crippen LogP contribution in [0.25, 0.3) is 0 Å². The number of hydrogen-bond acceptors (Lipinski definition) is 3. The van der Waals surface area contributed by atoms with Crippen molar-refractivity contribution >= 4 is 17.7 Å². The summed E-state index contributed by atoms with van der Waals surface area (Å²) >= 11 is 1.42. The van der Waals surface area contributed by atoms with Crippen LogP contribution in [0.3, 0.4) is 0 Å². The molecule has 1 atom stereocenters. The summed E-state index contributed by atoms with van der Waals surface area (Å²) in [6.07, 6.45) is 0. The first-order valence-corrected chi connectivity index (χ1v) is 5.55. The number of nitrogens with two attached hydrogens (primary N) is 1. The molecule has 0 radical (unpaired) electrons. The van der Waals surface area contributed by atoms with E-state index in [1.807, 2.05) is 0 Å². The number of thioether (sulfide) groups is 1. The fourth-order valence-corrected chi connectivity index (χ4v) is 1.90. The molecule has 0 aliphatic carbocycles. The van der Waals surface area contributed by atoms with E-state index >= 15 is 0 Å². The lowest BCUT2D eigenvalue weighted by Crippen LogP contribution is -2.32. The summed E-state index contributed by atoms with van der Waals surface area (Å²) in [6.45, 7) is 0. The molecule has 0 heterocycles. The summed E-state index contributed by atoms with van der Waals surface area (Å²) in [5, 5.41) is 8.53. The zero-order valence-electron chi connectivity index (χ0n) is 8.02. The highest BCUT2D eigenvalue weighted by Gasteiger charge is 2.10. The van der Waals surface area contributed by atoms with Crippen molar-refractivity contribution in [3.63, 3.8) is 0 Å². The molecular weight excluding hydrogens is 217 g/mol. The van der Waals surface area contributed by atoms with Crippen LogP contribution in [0.4, 0.5) is 4.39 Å². The number of carbonyl (C=O) groups is 1. The standard InChI is InChI=1S/C10H12FNO2S/c11-8-3-1-7(2-4-8)5-15-6-9(12)10(13)14/h1-4,9H,5-6,12H2,(H,13,14)/t9-/m1/s1. The summed E-state index contributed by atoms with van der Waals surface area (Å²) in [5.74, 6) is -0.277. The maximum Gasteiger partial charge on any atom is 0.321 e. The molecule has 0 unspecified atom stereocenters. The van der Waals surface area contributed by atoms with Gasteiger partial charge in [-0.1, -0.05) is 12.1 Å². The van der Waals surface area contributed by atoms with Gasteiger partial charge < -0.3 is 10.8 Å². The van der Waals surface area contributed by atoms with Gasteiger partial charge in [-0.25, -0.2) is 4.39 Å². The van der Waals surface area contributed by atoms with Crippen LogP contribution in [0.2, 0.25) is 0 Å². The first-order valence-electron chi connectivity index (χ1n) is 4.40. The fourth-order valence-electron chi connectivity index (χ4n) is 0.956. The van der Waals surface area contributed by atoms with Gasteiger partial charge in [0, 0.05) is 11.5 Å². The van der Waals surface area contributed by atoms with Gasteiger partial charge in [0.25, 0.3) is 0 Å². The second kappa shape index (κ2) is 5.72. The number of hydrogen-bond donors (Lipinski definition) is 2. The van der Waals surface area contributed by atoms with E-state index in [1.165, 1.54) is 23.9 Å². The molecule has 0 fully saturated rings. The van der Waals surface area contributed by atoms with Crippen LogP contribution < -0.4 is 5.73 Å². The van der Waals surface area contributed by atoms with Gasteiger partial charge in [-0.3, -0.25) is 4.79 Å². The molecule has 82 valence electrons.